The maximum atomic E-state index is 13.6. The minimum atomic E-state index is -1.08. The molecule has 1 N–H and O–H groups in total. The van der Waals surface area contributed by atoms with Crippen LogP contribution in [0, 0.1) is 19.7 Å². The van der Waals surface area contributed by atoms with Gasteiger partial charge in [-0.25, -0.2) is 9.18 Å². The van der Waals surface area contributed by atoms with Crippen molar-refractivity contribution in [1.29, 1.82) is 0 Å². The monoisotopic (exact) mass is 345 g/mol. The first-order valence-electron chi connectivity index (χ1n) is 7.42. The summed E-state index contributed by atoms with van der Waals surface area (Å²) in [5.41, 5.74) is 2.50. The highest BCUT2D eigenvalue weighted by atomic mass is 32.2. The zero-order chi connectivity index (χ0) is 17.4. The number of benzene rings is 2. The number of hydrogen-bond donors (Lipinski definition) is 1. The third-order valence-corrected chi connectivity index (χ3v) is 5.26. The standard InChI is InChI=1S/C18H16FNO3S/c1-10-4-3-5-13(18(22)23)16(10)20-15(21)9-24-17(20)12-6-7-14(19)11(2)8-12/h3-8,17H,9H2,1-2H3,(H,22,23). The molecule has 0 radical (unpaired) electrons. The van der Waals surface area contributed by atoms with Gasteiger partial charge in [0.05, 0.1) is 17.0 Å². The van der Waals surface area contributed by atoms with E-state index in [1.165, 1.54) is 28.8 Å². The molecular formula is C18H16FNO3S. The summed E-state index contributed by atoms with van der Waals surface area (Å²) in [6, 6.07) is 9.66. The van der Waals surface area contributed by atoms with Gasteiger partial charge in [-0.1, -0.05) is 24.3 Å². The Labute approximate surface area is 143 Å². The van der Waals surface area contributed by atoms with Crippen LogP contribution in [0.15, 0.2) is 36.4 Å². The summed E-state index contributed by atoms with van der Waals surface area (Å²) in [4.78, 5) is 25.6. The van der Waals surface area contributed by atoms with Crippen LogP contribution < -0.4 is 4.90 Å². The van der Waals surface area contributed by atoms with Crippen LogP contribution in [0.25, 0.3) is 0 Å². The molecule has 1 atom stereocenters. The number of thioether (sulfide) groups is 1. The number of amides is 1. The van der Waals surface area contributed by atoms with Crippen LogP contribution in [-0.4, -0.2) is 22.7 Å². The highest BCUT2D eigenvalue weighted by molar-refractivity contribution is 8.00. The molecule has 6 heteroatoms. The molecule has 1 aliphatic heterocycles. The van der Waals surface area contributed by atoms with Crippen LogP contribution in [0.4, 0.5) is 10.1 Å². The number of nitrogens with zero attached hydrogens (tertiary/aromatic N) is 1. The van der Waals surface area contributed by atoms with Gasteiger partial charge in [0.1, 0.15) is 11.2 Å². The lowest BCUT2D eigenvalue weighted by Crippen LogP contribution is -2.30. The van der Waals surface area contributed by atoms with Crippen molar-refractivity contribution in [2.45, 2.75) is 19.2 Å². The van der Waals surface area contributed by atoms with Gasteiger partial charge in [0, 0.05) is 0 Å². The lowest BCUT2D eigenvalue weighted by atomic mass is 10.0. The fourth-order valence-corrected chi connectivity index (χ4v) is 4.04. The van der Waals surface area contributed by atoms with Gasteiger partial charge >= 0.3 is 5.97 Å². The number of carbonyl (C=O) groups excluding carboxylic acids is 1. The molecule has 24 heavy (non-hydrogen) atoms. The summed E-state index contributed by atoms with van der Waals surface area (Å²) >= 11 is 1.41. The van der Waals surface area contributed by atoms with E-state index < -0.39 is 5.97 Å². The van der Waals surface area contributed by atoms with Gasteiger partial charge in [-0.3, -0.25) is 9.69 Å². The fourth-order valence-electron chi connectivity index (χ4n) is 2.89. The van der Waals surface area contributed by atoms with Gasteiger partial charge in [-0.05, 0) is 42.7 Å². The summed E-state index contributed by atoms with van der Waals surface area (Å²) in [6.45, 7) is 3.45. The van der Waals surface area contributed by atoms with Crippen molar-refractivity contribution < 1.29 is 19.1 Å². The zero-order valence-corrected chi connectivity index (χ0v) is 14.1. The Morgan fingerprint density at radius 1 is 1.25 bits per heavy atom. The average Bonchev–Trinajstić information content (AvgIpc) is 2.91. The van der Waals surface area contributed by atoms with Crippen LogP contribution in [0.3, 0.4) is 0 Å². The van der Waals surface area contributed by atoms with Crippen molar-refractivity contribution in [3.63, 3.8) is 0 Å². The van der Waals surface area contributed by atoms with Crippen molar-refractivity contribution >= 4 is 29.3 Å². The van der Waals surface area contributed by atoms with Crippen molar-refractivity contribution in [1.82, 2.24) is 0 Å². The predicted octanol–water partition coefficient (Wildman–Crippen LogP) is 3.92. The number of hydrogen-bond acceptors (Lipinski definition) is 3. The molecule has 124 valence electrons. The maximum Gasteiger partial charge on any atom is 0.337 e. The maximum absolute atomic E-state index is 13.6. The van der Waals surface area contributed by atoms with E-state index in [4.69, 9.17) is 0 Å². The molecule has 4 nitrogen and oxygen atoms in total. The topological polar surface area (TPSA) is 57.6 Å². The Balaban J connectivity index is 2.13. The summed E-state index contributed by atoms with van der Waals surface area (Å²) in [6.07, 6.45) is 0. The van der Waals surface area contributed by atoms with Gasteiger partial charge in [-0.2, -0.15) is 0 Å². The largest absolute Gasteiger partial charge is 0.478 e. The number of halogens is 1. The molecule has 2 aromatic rings. The second-order valence-corrected chi connectivity index (χ2v) is 6.78. The molecule has 2 aromatic carbocycles. The van der Waals surface area contributed by atoms with Crippen LogP contribution in [0.1, 0.15) is 32.4 Å². The number of aromatic carboxylic acids is 1. The van der Waals surface area contributed by atoms with Gasteiger partial charge in [0.25, 0.3) is 0 Å². The minimum Gasteiger partial charge on any atom is -0.478 e. The van der Waals surface area contributed by atoms with Crippen molar-refractivity contribution in [3.8, 4) is 0 Å². The second kappa shape index (κ2) is 6.28. The molecule has 1 unspecified atom stereocenters. The molecule has 0 aliphatic carbocycles. The number of para-hydroxylation sites is 1. The van der Waals surface area contributed by atoms with Gasteiger partial charge in [0.15, 0.2) is 0 Å². The summed E-state index contributed by atoms with van der Waals surface area (Å²) in [5, 5.41) is 9.11. The van der Waals surface area contributed by atoms with Crippen molar-refractivity contribution in [2.24, 2.45) is 0 Å². The van der Waals surface area contributed by atoms with Crippen LogP contribution in [-0.2, 0) is 4.79 Å². The van der Waals surface area contributed by atoms with Crippen molar-refractivity contribution in [2.75, 3.05) is 10.7 Å². The fraction of sp³-hybridized carbons (Fsp3) is 0.222. The Hall–Kier alpha value is -2.34. The molecule has 0 bridgehead atoms. The molecule has 0 spiro atoms. The smallest absolute Gasteiger partial charge is 0.337 e. The number of carboxylic acid groups (broad SMARTS) is 1. The van der Waals surface area contributed by atoms with E-state index in [2.05, 4.69) is 0 Å². The number of aryl methyl sites for hydroxylation is 2. The Morgan fingerprint density at radius 2 is 2.00 bits per heavy atom. The highest BCUT2D eigenvalue weighted by Crippen LogP contribution is 2.44. The predicted molar refractivity (Wildman–Crippen MR) is 92.0 cm³/mol. The average molecular weight is 345 g/mol. The first-order valence-corrected chi connectivity index (χ1v) is 8.47. The summed E-state index contributed by atoms with van der Waals surface area (Å²) in [7, 11) is 0. The third-order valence-electron chi connectivity index (χ3n) is 4.04. The normalized spacial score (nSPS) is 17.4. The minimum absolute atomic E-state index is 0.0923. The Kier molecular flexibility index (Phi) is 4.32. The lowest BCUT2D eigenvalue weighted by molar-refractivity contribution is -0.115. The van der Waals surface area contributed by atoms with E-state index in [-0.39, 0.29) is 28.4 Å². The lowest BCUT2D eigenvalue weighted by Gasteiger charge is -2.27. The molecule has 1 aliphatic rings. The highest BCUT2D eigenvalue weighted by Gasteiger charge is 2.37. The molecular weight excluding hydrogens is 329 g/mol. The van der Waals surface area contributed by atoms with Crippen LogP contribution in [0.2, 0.25) is 0 Å². The first-order chi connectivity index (χ1) is 11.4. The second-order valence-electron chi connectivity index (χ2n) is 5.71. The van der Waals surface area contributed by atoms with E-state index in [1.807, 2.05) is 0 Å². The van der Waals surface area contributed by atoms with E-state index >= 15 is 0 Å². The molecule has 1 fully saturated rings. The van der Waals surface area contributed by atoms with Crippen LogP contribution in [0.5, 0.6) is 0 Å². The SMILES string of the molecule is Cc1cc(C2SCC(=O)N2c2c(C)cccc2C(=O)O)ccc1F. The van der Waals surface area contributed by atoms with Crippen molar-refractivity contribution in [3.05, 3.63) is 64.5 Å². The summed E-state index contributed by atoms with van der Waals surface area (Å²) in [5.74, 6) is -1.27. The van der Waals surface area contributed by atoms with Crippen LogP contribution >= 0.6 is 11.8 Å². The number of carbonyl (C=O) groups is 2. The molecule has 1 amide bonds. The number of carboxylic acids is 1. The van der Waals surface area contributed by atoms with Gasteiger partial charge in [0.2, 0.25) is 5.91 Å². The first kappa shape index (κ1) is 16.5. The quantitative estimate of drug-likeness (QED) is 0.916. The van der Waals surface area contributed by atoms with E-state index in [9.17, 15) is 19.1 Å². The summed E-state index contributed by atoms with van der Waals surface area (Å²) < 4.78 is 13.6. The van der Waals surface area contributed by atoms with Gasteiger partial charge in [-0.15, -0.1) is 11.8 Å². The van der Waals surface area contributed by atoms with E-state index in [0.29, 0.717) is 11.3 Å². The van der Waals surface area contributed by atoms with E-state index in [1.54, 1.807) is 38.1 Å². The molecule has 1 saturated heterocycles. The zero-order valence-electron chi connectivity index (χ0n) is 13.2. The Morgan fingerprint density at radius 3 is 2.67 bits per heavy atom. The number of rotatable bonds is 3. The Bertz CT molecular complexity index is 837. The molecule has 0 aromatic heterocycles. The molecule has 1 heterocycles. The van der Waals surface area contributed by atoms with Gasteiger partial charge < -0.3 is 5.11 Å². The molecule has 3 rings (SSSR count). The van der Waals surface area contributed by atoms with E-state index in [0.717, 1.165) is 11.1 Å². The molecule has 0 saturated carbocycles. The third kappa shape index (κ3) is 2.78. The number of anilines is 1.